The predicted molar refractivity (Wildman–Crippen MR) is 73.2 cm³/mol. The molecule has 0 fully saturated rings. The van der Waals surface area contributed by atoms with E-state index in [1.807, 2.05) is 6.92 Å². The second-order valence-corrected chi connectivity index (χ2v) is 5.51. The molecule has 1 atom stereocenters. The second kappa shape index (κ2) is 5.94. The molecular formula is C12H13N3O3S. The van der Waals surface area contributed by atoms with E-state index in [2.05, 4.69) is 9.97 Å². The maximum absolute atomic E-state index is 10.8. The SMILES string of the molecule is CC(CCO)Sc1ncnc2ccc([N+](=O)[O-])cc12. The Morgan fingerprint density at radius 2 is 2.26 bits per heavy atom. The Bertz CT molecular complexity index is 606. The van der Waals surface area contributed by atoms with E-state index < -0.39 is 4.92 Å². The first-order valence-corrected chi connectivity index (χ1v) is 6.66. The van der Waals surface area contributed by atoms with Gasteiger partial charge in [-0.05, 0) is 12.5 Å². The number of hydrogen-bond acceptors (Lipinski definition) is 6. The maximum atomic E-state index is 10.8. The highest BCUT2D eigenvalue weighted by molar-refractivity contribution is 8.00. The van der Waals surface area contributed by atoms with Crippen LogP contribution in [0.1, 0.15) is 13.3 Å². The summed E-state index contributed by atoms with van der Waals surface area (Å²) in [4.78, 5) is 18.6. The third kappa shape index (κ3) is 3.18. The summed E-state index contributed by atoms with van der Waals surface area (Å²) in [5.41, 5.74) is 0.707. The number of hydrogen-bond donors (Lipinski definition) is 1. The van der Waals surface area contributed by atoms with Crippen LogP contribution in [0.3, 0.4) is 0 Å². The lowest BCUT2D eigenvalue weighted by atomic mass is 10.2. The van der Waals surface area contributed by atoms with Crippen LogP contribution in [-0.4, -0.2) is 31.9 Å². The van der Waals surface area contributed by atoms with E-state index in [0.29, 0.717) is 22.3 Å². The quantitative estimate of drug-likeness (QED) is 0.391. The van der Waals surface area contributed by atoms with Gasteiger partial charge in [-0.3, -0.25) is 10.1 Å². The van der Waals surface area contributed by atoms with Gasteiger partial charge < -0.3 is 5.11 Å². The number of aliphatic hydroxyl groups is 1. The van der Waals surface area contributed by atoms with Crippen LogP contribution in [0.2, 0.25) is 0 Å². The highest BCUT2D eigenvalue weighted by atomic mass is 32.2. The third-order valence-electron chi connectivity index (χ3n) is 2.64. The lowest BCUT2D eigenvalue weighted by Gasteiger charge is -2.10. The van der Waals surface area contributed by atoms with Gasteiger partial charge in [0.2, 0.25) is 0 Å². The fourth-order valence-corrected chi connectivity index (χ4v) is 2.66. The molecule has 0 amide bonds. The molecule has 2 aromatic rings. The maximum Gasteiger partial charge on any atom is 0.270 e. The van der Waals surface area contributed by atoms with E-state index in [1.54, 1.807) is 6.07 Å². The van der Waals surface area contributed by atoms with Crippen LogP contribution in [0, 0.1) is 10.1 Å². The fraction of sp³-hybridized carbons (Fsp3) is 0.333. The van der Waals surface area contributed by atoms with Crippen LogP contribution >= 0.6 is 11.8 Å². The van der Waals surface area contributed by atoms with Crippen molar-refractivity contribution in [2.75, 3.05) is 6.61 Å². The Hall–Kier alpha value is -1.73. The minimum Gasteiger partial charge on any atom is -0.396 e. The molecule has 100 valence electrons. The number of aromatic nitrogens is 2. The highest BCUT2D eigenvalue weighted by Crippen LogP contribution is 2.30. The van der Waals surface area contributed by atoms with Crippen molar-refractivity contribution in [1.29, 1.82) is 0 Å². The van der Waals surface area contributed by atoms with E-state index in [1.165, 1.54) is 30.2 Å². The zero-order valence-electron chi connectivity index (χ0n) is 10.3. The lowest BCUT2D eigenvalue weighted by Crippen LogP contribution is -2.00. The molecule has 0 saturated heterocycles. The summed E-state index contributed by atoms with van der Waals surface area (Å²) in [6.07, 6.45) is 2.09. The molecule has 0 aliphatic carbocycles. The van der Waals surface area contributed by atoms with Crippen LogP contribution in [0.15, 0.2) is 29.6 Å². The van der Waals surface area contributed by atoms with Crippen LogP contribution in [0.5, 0.6) is 0 Å². The van der Waals surface area contributed by atoms with Gasteiger partial charge in [0.1, 0.15) is 11.4 Å². The molecule has 1 aromatic heterocycles. The van der Waals surface area contributed by atoms with Crippen molar-refractivity contribution in [3.63, 3.8) is 0 Å². The number of nitro benzene ring substituents is 1. The largest absolute Gasteiger partial charge is 0.396 e. The van der Waals surface area contributed by atoms with Crippen LogP contribution in [-0.2, 0) is 0 Å². The molecule has 0 spiro atoms. The zero-order chi connectivity index (χ0) is 13.8. The van der Waals surface area contributed by atoms with Crippen molar-refractivity contribution in [2.24, 2.45) is 0 Å². The third-order valence-corrected chi connectivity index (χ3v) is 3.83. The standard InChI is InChI=1S/C12H13N3O3S/c1-8(4-5-16)19-12-10-6-9(15(17)18)2-3-11(10)13-7-14-12/h2-3,6-8,16H,4-5H2,1H3. The lowest BCUT2D eigenvalue weighted by molar-refractivity contribution is -0.384. The first-order valence-electron chi connectivity index (χ1n) is 5.78. The summed E-state index contributed by atoms with van der Waals surface area (Å²) in [6, 6.07) is 4.54. The van der Waals surface area contributed by atoms with Crippen LogP contribution in [0.4, 0.5) is 5.69 Å². The fourth-order valence-electron chi connectivity index (χ4n) is 1.66. The average Bonchev–Trinajstić information content (AvgIpc) is 2.38. The molecule has 6 nitrogen and oxygen atoms in total. The zero-order valence-corrected chi connectivity index (χ0v) is 11.1. The molecule has 2 rings (SSSR count). The van der Waals surface area contributed by atoms with Crippen LogP contribution < -0.4 is 0 Å². The molecule has 1 N–H and O–H groups in total. The number of benzene rings is 1. The smallest absolute Gasteiger partial charge is 0.270 e. The van der Waals surface area contributed by atoms with Crippen LogP contribution in [0.25, 0.3) is 10.9 Å². The van der Waals surface area contributed by atoms with E-state index in [0.717, 1.165) is 0 Å². The molecule has 1 aromatic carbocycles. The van der Waals surface area contributed by atoms with Gasteiger partial charge in [-0.25, -0.2) is 9.97 Å². The molecule has 7 heteroatoms. The van der Waals surface area contributed by atoms with E-state index in [9.17, 15) is 10.1 Å². The van der Waals surface area contributed by atoms with Gasteiger partial charge in [-0.1, -0.05) is 6.92 Å². The van der Waals surface area contributed by atoms with Gasteiger partial charge in [-0.2, -0.15) is 0 Å². The van der Waals surface area contributed by atoms with Crippen molar-refractivity contribution in [3.05, 3.63) is 34.6 Å². The average molecular weight is 279 g/mol. The number of fused-ring (bicyclic) bond motifs is 1. The molecule has 0 aliphatic heterocycles. The summed E-state index contributed by atoms with van der Waals surface area (Å²) in [5, 5.41) is 21.3. The molecule has 1 heterocycles. The normalized spacial score (nSPS) is 12.5. The highest BCUT2D eigenvalue weighted by Gasteiger charge is 2.13. The Morgan fingerprint density at radius 3 is 2.95 bits per heavy atom. The molecule has 1 unspecified atom stereocenters. The predicted octanol–water partition coefficient (Wildman–Crippen LogP) is 2.40. The molecule has 0 saturated carbocycles. The van der Waals surface area contributed by atoms with Crippen molar-refractivity contribution >= 4 is 28.4 Å². The van der Waals surface area contributed by atoms with Gasteiger partial charge in [0, 0.05) is 29.4 Å². The van der Waals surface area contributed by atoms with Gasteiger partial charge in [0.25, 0.3) is 5.69 Å². The summed E-state index contributed by atoms with van der Waals surface area (Å²) < 4.78 is 0. The Morgan fingerprint density at radius 1 is 1.47 bits per heavy atom. The topological polar surface area (TPSA) is 89.2 Å². The summed E-state index contributed by atoms with van der Waals surface area (Å²) in [7, 11) is 0. The molecule has 0 radical (unpaired) electrons. The van der Waals surface area contributed by atoms with E-state index >= 15 is 0 Å². The Labute approximate surface area is 114 Å². The van der Waals surface area contributed by atoms with E-state index in [4.69, 9.17) is 5.11 Å². The Kier molecular flexibility index (Phi) is 4.28. The number of nitrogens with zero attached hydrogens (tertiary/aromatic N) is 3. The minimum atomic E-state index is -0.433. The molecule has 0 bridgehead atoms. The molecule has 0 aliphatic rings. The van der Waals surface area contributed by atoms with Crippen molar-refractivity contribution < 1.29 is 10.0 Å². The van der Waals surface area contributed by atoms with E-state index in [-0.39, 0.29) is 17.5 Å². The van der Waals surface area contributed by atoms with Gasteiger partial charge in [0.05, 0.1) is 10.4 Å². The Balaban J connectivity index is 2.42. The first-order chi connectivity index (χ1) is 9.11. The molecule has 19 heavy (non-hydrogen) atoms. The minimum absolute atomic E-state index is 0.0268. The summed E-state index contributed by atoms with van der Waals surface area (Å²) in [5.74, 6) is 0. The molecular weight excluding hydrogens is 266 g/mol. The van der Waals surface area contributed by atoms with Gasteiger partial charge in [-0.15, -0.1) is 11.8 Å². The summed E-state index contributed by atoms with van der Waals surface area (Å²) in [6.45, 7) is 2.09. The summed E-state index contributed by atoms with van der Waals surface area (Å²) >= 11 is 1.48. The number of rotatable bonds is 5. The van der Waals surface area contributed by atoms with Gasteiger partial charge in [0.15, 0.2) is 0 Å². The second-order valence-electron chi connectivity index (χ2n) is 4.08. The number of thioether (sulfide) groups is 1. The monoisotopic (exact) mass is 279 g/mol. The van der Waals surface area contributed by atoms with Crippen molar-refractivity contribution in [1.82, 2.24) is 9.97 Å². The number of nitro groups is 1. The number of aliphatic hydroxyl groups excluding tert-OH is 1. The first kappa shape index (κ1) is 13.7. The van der Waals surface area contributed by atoms with Crippen molar-refractivity contribution in [3.8, 4) is 0 Å². The number of non-ortho nitro benzene ring substituents is 1. The van der Waals surface area contributed by atoms with Gasteiger partial charge >= 0.3 is 0 Å². The van der Waals surface area contributed by atoms with Crippen molar-refractivity contribution in [2.45, 2.75) is 23.6 Å².